The molecule has 198 valence electrons. The number of aromatic nitrogens is 1. The monoisotopic (exact) mass is 539 g/mol. The first kappa shape index (κ1) is 26.2. The molecule has 0 fully saturated rings. The van der Waals surface area contributed by atoms with Gasteiger partial charge in [0.1, 0.15) is 0 Å². The summed E-state index contributed by atoms with van der Waals surface area (Å²) in [6.45, 7) is 2.45. The van der Waals surface area contributed by atoms with Gasteiger partial charge < -0.3 is 4.57 Å². The summed E-state index contributed by atoms with van der Waals surface area (Å²) in [5, 5.41) is 1.17. The number of nitrogens with zero attached hydrogens (tertiary/aromatic N) is 1. The topological polar surface area (TPSA) is 39.1 Å². The largest absolute Gasteiger partial charge is 0.416 e. The van der Waals surface area contributed by atoms with E-state index in [-0.39, 0.29) is 22.3 Å². The second-order valence-electron chi connectivity index (χ2n) is 9.02. The van der Waals surface area contributed by atoms with Gasteiger partial charge in [-0.25, -0.2) is 0 Å². The van der Waals surface area contributed by atoms with Crippen LogP contribution in [0.15, 0.2) is 84.9 Å². The maximum absolute atomic E-state index is 13.2. The molecule has 4 aromatic carbocycles. The normalized spacial score (nSPS) is 12.3. The van der Waals surface area contributed by atoms with Crippen molar-refractivity contribution < 1.29 is 35.9 Å². The molecule has 0 saturated carbocycles. The Morgan fingerprint density at radius 2 is 0.974 bits per heavy atom. The Labute approximate surface area is 218 Å². The summed E-state index contributed by atoms with van der Waals surface area (Å²) in [4.78, 5) is 26.3. The lowest BCUT2D eigenvalue weighted by Gasteiger charge is -2.09. The second kappa shape index (κ2) is 9.41. The minimum Gasteiger partial charge on any atom is -0.341 e. The maximum atomic E-state index is 13.2. The molecule has 0 bridgehead atoms. The van der Waals surface area contributed by atoms with Gasteiger partial charge in [0, 0.05) is 50.6 Å². The van der Waals surface area contributed by atoms with Crippen LogP contribution in [0, 0.1) is 0 Å². The third-order valence-corrected chi connectivity index (χ3v) is 6.61. The highest BCUT2D eigenvalue weighted by Gasteiger charge is 2.32. The van der Waals surface area contributed by atoms with E-state index in [1.807, 2.05) is 11.5 Å². The average Bonchev–Trinajstić information content (AvgIpc) is 3.23. The van der Waals surface area contributed by atoms with Crippen molar-refractivity contribution in [1.29, 1.82) is 0 Å². The van der Waals surface area contributed by atoms with Crippen molar-refractivity contribution in [1.82, 2.24) is 4.57 Å². The van der Waals surface area contributed by atoms with Crippen LogP contribution in [-0.4, -0.2) is 16.1 Å². The van der Waals surface area contributed by atoms with E-state index in [0.29, 0.717) is 17.3 Å². The molecule has 5 aromatic rings. The number of ketones is 2. The molecule has 9 heteroatoms. The SMILES string of the molecule is CCn1c2ccc(C(=O)c3cccc(C(F)(F)F)c3)cc2c2cc(C(=O)c3cccc(C(F)(F)F)c3)ccc21. The average molecular weight is 539 g/mol. The van der Waals surface area contributed by atoms with Crippen LogP contribution in [0.4, 0.5) is 26.3 Å². The van der Waals surface area contributed by atoms with E-state index in [2.05, 4.69) is 0 Å². The Hall–Kier alpha value is -4.40. The van der Waals surface area contributed by atoms with Crippen LogP contribution in [0.3, 0.4) is 0 Å². The zero-order chi connectivity index (χ0) is 28.1. The summed E-state index contributed by atoms with van der Waals surface area (Å²) in [5.74, 6) is -1.20. The van der Waals surface area contributed by atoms with Crippen LogP contribution in [-0.2, 0) is 18.9 Å². The molecule has 0 aliphatic heterocycles. The Kier molecular flexibility index (Phi) is 6.33. The lowest BCUT2D eigenvalue weighted by Crippen LogP contribution is -2.08. The van der Waals surface area contributed by atoms with Crippen molar-refractivity contribution in [3.05, 3.63) is 118 Å². The van der Waals surface area contributed by atoms with E-state index in [1.54, 1.807) is 24.3 Å². The van der Waals surface area contributed by atoms with Gasteiger partial charge in [0.15, 0.2) is 11.6 Å². The number of benzene rings is 4. The lowest BCUT2D eigenvalue weighted by atomic mass is 9.97. The van der Waals surface area contributed by atoms with Gasteiger partial charge in [0.25, 0.3) is 0 Å². The summed E-state index contributed by atoms with van der Waals surface area (Å²) in [6, 6.07) is 17.9. The highest BCUT2D eigenvalue weighted by atomic mass is 19.4. The van der Waals surface area contributed by atoms with E-state index in [1.165, 1.54) is 36.4 Å². The highest BCUT2D eigenvalue weighted by Crippen LogP contribution is 2.34. The van der Waals surface area contributed by atoms with Crippen molar-refractivity contribution in [2.24, 2.45) is 0 Å². The Bertz CT molecular complexity index is 1630. The molecule has 0 radical (unpaired) electrons. The van der Waals surface area contributed by atoms with Gasteiger partial charge in [-0.3, -0.25) is 9.59 Å². The zero-order valence-electron chi connectivity index (χ0n) is 20.3. The van der Waals surface area contributed by atoms with Gasteiger partial charge in [0.2, 0.25) is 0 Å². The van der Waals surface area contributed by atoms with Gasteiger partial charge in [0.05, 0.1) is 11.1 Å². The van der Waals surface area contributed by atoms with Crippen molar-refractivity contribution in [2.45, 2.75) is 25.8 Å². The fraction of sp³-hybridized carbons (Fsp3) is 0.133. The van der Waals surface area contributed by atoms with Crippen LogP contribution in [0.2, 0.25) is 0 Å². The predicted molar refractivity (Wildman–Crippen MR) is 135 cm³/mol. The number of fused-ring (bicyclic) bond motifs is 3. The molecule has 0 aliphatic carbocycles. The summed E-state index contributed by atoms with van der Waals surface area (Å²) in [6.07, 6.45) is -9.20. The third-order valence-electron chi connectivity index (χ3n) is 6.61. The molecule has 0 N–H and O–H groups in total. The zero-order valence-corrected chi connectivity index (χ0v) is 20.3. The number of carbonyl (C=O) groups is 2. The summed E-state index contributed by atoms with van der Waals surface area (Å²) >= 11 is 0. The van der Waals surface area contributed by atoms with Crippen LogP contribution in [0.25, 0.3) is 21.8 Å². The second-order valence-corrected chi connectivity index (χ2v) is 9.02. The van der Waals surface area contributed by atoms with Crippen molar-refractivity contribution in [2.75, 3.05) is 0 Å². The van der Waals surface area contributed by atoms with E-state index in [9.17, 15) is 35.9 Å². The molecule has 1 aromatic heterocycles. The van der Waals surface area contributed by atoms with Crippen LogP contribution in [0.5, 0.6) is 0 Å². The minimum absolute atomic E-state index is 0.121. The molecule has 0 unspecified atom stereocenters. The molecule has 0 aliphatic rings. The molecular formula is C30H19F6NO2. The highest BCUT2D eigenvalue weighted by molar-refractivity contribution is 6.17. The van der Waals surface area contributed by atoms with E-state index >= 15 is 0 Å². The van der Waals surface area contributed by atoms with Crippen LogP contribution in [0.1, 0.15) is 49.9 Å². The molecule has 0 atom stereocenters. The molecule has 0 spiro atoms. The van der Waals surface area contributed by atoms with E-state index < -0.39 is 35.0 Å². The standard InChI is InChI=1S/C30H19F6NO2/c1-2-37-25-11-9-19(27(38)17-5-3-7-21(13-17)29(31,32)33)15-23(25)24-16-20(10-12-26(24)37)28(39)18-6-4-8-22(14-18)30(34,35)36/h3-16H,2H2,1H3. The number of aryl methyl sites for hydroxylation is 1. The first-order valence-electron chi connectivity index (χ1n) is 11.9. The first-order chi connectivity index (χ1) is 18.4. The summed E-state index contributed by atoms with van der Waals surface area (Å²) < 4.78 is 80.9. The van der Waals surface area contributed by atoms with Crippen LogP contribution < -0.4 is 0 Å². The number of carbonyl (C=O) groups excluding carboxylic acids is 2. The molecule has 1 heterocycles. The lowest BCUT2D eigenvalue weighted by molar-refractivity contribution is -0.138. The van der Waals surface area contributed by atoms with Gasteiger partial charge in [-0.15, -0.1) is 0 Å². The fourth-order valence-electron chi connectivity index (χ4n) is 4.73. The smallest absolute Gasteiger partial charge is 0.341 e. The molecular weight excluding hydrogens is 520 g/mol. The van der Waals surface area contributed by atoms with Crippen molar-refractivity contribution in [3.8, 4) is 0 Å². The number of hydrogen-bond donors (Lipinski definition) is 0. The number of alkyl halides is 6. The summed E-state index contributed by atoms with van der Waals surface area (Å²) in [7, 11) is 0. The minimum atomic E-state index is -4.60. The first-order valence-corrected chi connectivity index (χ1v) is 11.9. The number of halogens is 6. The van der Waals surface area contributed by atoms with Crippen molar-refractivity contribution >= 4 is 33.4 Å². The Morgan fingerprint density at radius 1 is 0.590 bits per heavy atom. The molecule has 39 heavy (non-hydrogen) atoms. The van der Waals surface area contributed by atoms with Gasteiger partial charge in [-0.1, -0.05) is 24.3 Å². The molecule has 0 saturated heterocycles. The number of rotatable bonds is 5. The Balaban J connectivity index is 1.61. The van der Waals surface area contributed by atoms with E-state index in [0.717, 1.165) is 35.3 Å². The predicted octanol–water partition coefficient (Wildman–Crippen LogP) is 8.31. The summed E-state index contributed by atoms with van der Waals surface area (Å²) in [5.41, 5.74) is -0.330. The van der Waals surface area contributed by atoms with Crippen LogP contribution >= 0.6 is 0 Å². The molecule has 0 amide bonds. The molecule has 3 nitrogen and oxygen atoms in total. The quantitative estimate of drug-likeness (QED) is 0.166. The number of hydrogen-bond acceptors (Lipinski definition) is 2. The van der Waals surface area contributed by atoms with Crippen molar-refractivity contribution in [3.63, 3.8) is 0 Å². The van der Waals surface area contributed by atoms with E-state index in [4.69, 9.17) is 0 Å². The van der Waals surface area contributed by atoms with Gasteiger partial charge in [-0.05, 0) is 67.6 Å². The third kappa shape index (κ3) is 4.80. The molecule has 5 rings (SSSR count). The van der Waals surface area contributed by atoms with Gasteiger partial charge >= 0.3 is 12.4 Å². The Morgan fingerprint density at radius 3 is 1.33 bits per heavy atom. The fourth-order valence-corrected chi connectivity index (χ4v) is 4.73. The van der Waals surface area contributed by atoms with Gasteiger partial charge in [-0.2, -0.15) is 26.3 Å². The maximum Gasteiger partial charge on any atom is 0.416 e.